The average molecular weight is 225 g/mol. The Bertz CT molecular complexity index is 404. The molecular formula is C10H15N3O3. The summed E-state index contributed by atoms with van der Waals surface area (Å²) in [6.45, 7) is 5.30. The summed E-state index contributed by atoms with van der Waals surface area (Å²) in [4.78, 5) is 25.8. The second-order valence-electron chi connectivity index (χ2n) is 4.31. The highest BCUT2D eigenvalue weighted by atomic mass is 16.6. The van der Waals surface area contributed by atoms with Crippen molar-refractivity contribution >= 4 is 18.3 Å². The highest BCUT2D eigenvalue weighted by Crippen LogP contribution is 2.10. The Morgan fingerprint density at radius 3 is 2.62 bits per heavy atom. The van der Waals surface area contributed by atoms with Gasteiger partial charge < -0.3 is 9.30 Å². The third-order valence-electron chi connectivity index (χ3n) is 1.76. The van der Waals surface area contributed by atoms with Crippen LogP contribution in [0.5, 0.6) is 0 Å². The number of rotatable bonds is 2. The maximum atomic E-state index is 11.4. The number of imidazole rings is 1. The van der Waals surface area contributed by atoms with Crippen molar-refractivity contribution in [3.8, 4) is 0 Å². The van der Waals surface area contributed by atoms with Crippen molar-refractivity contribution in [2.45, 2.75) is 26.4 Å². The fourth-order valence-corrected chi connectivity index (χ4v) is 1.04. The SMILES string of the molecule is Cn1c(C=O)cnc1NC(=O)OC(C)(C)C. The monoisotopic (exact) mass is 225 g/mol. The van der Waals surface area contributed by atoms with Crippen LogP contribution in [0.4, 0.5) is 10.7 Å². The van der Waals surface area contributed by atoms with Crippen LogP contribution in [-0.2, 0) is 11.8 Å². The number of nitrogens with zero attached hydrogens (tertiary/aromatic N) is 2. The van der Waals surface area contributed by atoms with Crippen LogP contribution in [0.1, 0.15) is 31.3 Å². The summed E-state index contributed by atoms with van der Waals surface area (Å²) in [5, 5.41) is 2.45. The number of nitrogens with one attached hydrogen (secondary N) is 1. The predicted octanol–water partition coefficient (Wildman–Crippen LogP) is 1.58. The van der Waals surface area contributed by atoms with Gasteiger partial charge in [-0.25, -0.2) is 9.78 Å². The van der Waals surface area contributed by atoms with Crippen LogP contribution in [0.15, 0.2) is 6.20 Å². The van der Waals surface area contributed by atoms with Gasteiger partial charge >= 0.3 is 6.09 Å². The second-order valence-corrected chi connectivity index (χ2v) is 4.31. The fourth-order valence-electron chi connectivity index (χ4n) is 1.04. The van der Waals surface area contributed by atoms with Crippen molar-refractivity contribution in [3.63, 3.8) is 0 Å². The first kappa shape index (κ1) is 12.2. The number of amides is 1. The molecule has 88 valence electrons. The lowest BCUT2D eigenvalue weighted by atomic mass is 10.2. The molecule has 0 unspecified atom stereocenters. The van der Waals surface area contributed by atoms with Crippen LogP contribution < -0.4 is 5.32 Å². The predicted molar refractivity (Wildman–Crippen MR) is 58.5 cm³/mol. The minimum absolute atomic E-state index is 0.274. The third-order valence-corrected chi connectivity index (χ3v) is 1.76. The molecule has 1 heterocycles. The molecule has 1 aromatic rings. The summed E-state index contributed by atoms with van der Waals surface area (Å²) in [7, 11) is 1.63. The number of anilines is 1. The van der Waals surface area contributed by atoms with Crippen LogP contribution in [0.25, 0.3) is 0 Å². The number of carbonyl (C=O) groups is 2. The first-order valence-electron chi connectivity index (χ1n) is 4.80. The standard InChI is InChI=1S/C10H15N3O3/c1-10(2,3)16-9(15)12-8-11-5-7(6-14)13(8)4/h5-6H,1-4H3,(H,11,12,15). The van der Waals surface area contributed by atoms with Gasteiger partial charge in [-0.2, -0.15) is 0 Å². The highest BCUT2D eigenvalue weighted by Gasteiger charge is 2.17. The summed E-state index contributed by atoms with van der Waals surface area (Å²) < 4.78 is 6.52. The van der Waals surface area contributed by atoms with Gasteiger partial charge in [-0.3, -0.25) is 10.1 Å². The molecule has 1 rings (SSSR count). The molecule has 0 aliphatic rings. The van der Waals surface area contributed by atoms with Gasteiger partial charge in [0.1, 0.15) is 11.3 Å². The van der Waals surface area contributed by atoms with E-state index >= 15 is 0 Å². The van der Waals surface area contributed by atoms with Gasteiger partial charge in [0.15, 0.2) is 6.29 Å². The molecule has 6 heteroatoms. The number of ether oxygens (including phenoxy) is 1. The van der Waals surface area contributed by atoms with E-state index in [1.165, 1.54) is 10.8 Å². The molecule has 0 bridgehead atoms. The molecule has 0 aliphatic heterocycles. The van der Waals surface area contributed by atoms with Crippen molar-refractivity contribution in [1.29, 1.82) is 0 Å². The lowest BCUT2D eigenvalue weighted by Crippen LogP contribution is -2.28. The fraction of sp³-hybridized carbons (Fsp3) is 0.500. The number of aromatic nitrogens is 2. The average Bonchev–Trinajstić information content (AvgIpc) is 2.44. The Morgan fingerprint density at radius 1 is 1.56 bits per heavy atom. The van der Waals surface area contributed by atoms with Gasteiger partial charge in [0.05, 0.1) is 6.20 Å². The zero-order valence-electron chi connectivity index (χ0n) is 9.77. The first-order chi connectivity index (χ1) is 7.33. The molecule has 0 fully saturated rings. The first-order valence-corrected chi connectivity index (χ1v) is 4.80. The molecule has 1 aromatic heterocycles. The van der Waals surface area contributed by atoms with Crippen LogP contribution in [0, 0.1) is 0 Å². The van der Waals surface area contributed by atoms with Crippen molar-refractivity contribution in [2.24, 2.45) is 7.05 Å². The van der Waals surface area contributed by atoms with E-state index in [4.69, 9.17) is 4.74 Å². The number of carbonyl (C=O) groups excluding carboxylic acids is 2. The Hall–Kier alpha value is -1.85. The summed E-state index contributed by atoms with van der Waals surface area (Å²) in [5.74, 6) is 0.274. The molecule has 1 N–H and O–H groups in total. The van der Waals surface area contributed by atoms with Gasteiger partial charge in [-0.15, -0.1) is 0 Å². The largest absolute Gasteiger partial charge is 0.444 e. The summed E-state index contributed by atoms with van der Waals surface area (Å²) in [5.41, 5.74) is -0.186. The number of aldehydes is 1. The third kappa shape index (κ3) is 3.08. The second kappa shape index (κ2) is 4.34. The molecule has 0 aromatic carbocycles. The Kier molecular flexibility index (Phi) is 3.31. The quantitative estimate of drug-likeness (QED) is 0.775. The van der Waals surface area contributed by atoms with Gasteiger partial charge in [0.2, 0.25) is 5.95 Å². The molecule has 0 saturated carbocycles. The Morgan fingerprint density at radius 2 is 2.19 bits per heavy atom. The molecule has 0 saturated heterocycles. The lowest BCUT2D eigenvalue weighted by Gasteiger charge is -2.19. The van der Waals surface area contributed by atoms with Gasteiger partial charge in [0, 0.05) is 7.05 Å². The lowest BCUT2D eigenvalue weighted by molar-refractivity contribution is 0.0634. The minimum Gasteiger partial charge on any atom is -0.444 e. The van der Waals surface area contributed by atoms with E-state index in [1.54, 1.807) is 27.8 Å². The Labute approximate surface area is 93.6 Å². The van der Waals surface area contributed by atoms with Gasteiger partial charge in [0.25, 0.3) is 0 Å². The van der Waals surface area contributed by atoms with E-state index in [-0.39, 0.29) is 5.95 Å². The van der Waals surface area contributed by atoms with E-state index in [9.17, 15) is 9.59 Å². The summed E-state index contributed by atoms with van der Waals surface area (Å²) >= 11 is 0. The maximum absolute atomic E-state index is 11.4. The van der Waals surface area contributed by atoms with Crippen LogP contribution >= 0.6 is 0 Å². The zero-order valence-corrected chi connectivity index (χ0v) is 9.77. The van der Waals surface area contributed by atoms with E-state index in [0.29, 0.717) is 12.0 Å². The molecule has 0 aliphatic carbocycles. The van der Waals surface area contributed by atoms with Crippen molar-refractivity contribution in [1.82, 2.24) is 9.55 Å². The molecule has 0 radical (unpaired) electrons. The maximum Gasteiger partial charge on any atom is 0.414 e. The van der Waals surface area contributed by atoms with Crippen molar-refractivity contribution < 1.29 is 14.3 Å². The van der Waals surface area contributed by atoms with Gasteiger partial charge in [-0.1, -0.05) is 0 Å². The smallest absolute Gasteiger partial charge is 0.414 e. The molecular weight excluding hydrogens is 210 g/mol. The van der Waals surface area contributed by atoms with Crippen molar-refractivity contribution in [3.05, 3.63) is 11.9 Å². The van der Waals surface area contributed by atoms with Crippen LogP contribution in [-0.4, -0.2) is 27.5 Å². The highest BCUT2D eigenvalue weighted by molar-refractivity contribution is 5.83. The minimum atomic E-state index is -0.598. The van der Waals surface area contributed by atoms with Crippen LogP contribution in [0.2, 0.25) is 0 Å². The molecule has 16 heavy (non-hydrogen) atoms. The van der Waals surface area contributed by atoms with E-state index in [1.807, 2.05) is 0 Å². The molecule has 0 spiro atoms. The molecule has 6 nitrogen and oxygen atoms in total. The molecule has 0 atom stereocenters. The topological polar surface area (TPSA) is 73.2 Å². The normalized spacial score (nSPS) is 11.0. The van der Waals surface area contributed by atoms with Crippen LogP contribution in [0.3, 0.4) is 0 Å². The van der Waals surface area contributed by atoms with Crippen molar-refractivity contribution in [2.75, 3.05) is 5.32 Å². The van der Waals surface area contributed by atoms with E-state index in [2.05, 4.69) is 10.3 Å². The van der Waals surface area contributed by atoms with E-state index in [0.717, 1.165) is 0 Å². The van der Waals surface area contributed by atoms with E-state index < -0.39 is 11.7 Å². The Balaban J connectivity index is 2.70. The van der Waals surface area contributed by atoms with Gasteiger partial charge in [-0.05, 0) is 20.8 Å². The summed E-state index contributed by atoms with van der Waals surface area (Å²) in [6, 6.07) is 0. The number of hydrogen-bond donors (Lipinski definition) is 1. The summed E-state index contributed by atoms with van der Waals surface area (Å²) in [6.07, 6.45) is 1.44. The zero-order chi connectivity index (χ0) is 12.3. The molecule has 1 amide bonds. The number of hydrogen-bond acceptors (Lipinski definition) is 4.